The van der Waals surface area contributed by atoms with Gasteiger partial charge in [-0.2, -0.15) is 0 Å². The van der Waals surface area contributed by atoms with E-state index in [4.69, 9.17) is 5.14 Å². The summed E-state index contributed by atoms with van der Waals surface area (Å²) < 4.78 is 51.0. The van der Waals surface area contributed by atoms with Crippen molar-refractivity contribution in [1.82, 2.24) is 0 Å². The van der Waals surface area contributed by atoms with E-state index in [1.54, 1.807) is 12.1 Å². The van der Waals surface area contributed by atoms with Gasteiger partial charge < -0.3 is 0 Å². The molecule has 0 atom stereocenters. The molecule has 8 heteroatoms. The molecule has 0 saturated heterocycles. The minimum Gasteiger partial charge on any atom is -0.279 e. The molecular formula is C19H18N2O4S2. The summed E-state index contributed by atoms with van der Waals surface area (Å²) in [4.78, 5) is -0.438. The highest BCUT2D eigenvalue weighted by atomic mass is 32.2. The van der Waals surface area contributed by atoms with Crippen LogP contribution in [0.2, 0.25) is 0 Å². The molecule has 3 aromatic carbocycles. The van der Waals surface area contributed by atoms with E-state index in [1.165, 1.54) is 18.2 Å². The van der Waals surface area contributed by atoms with Gasteiger partial charge in [0.1, 0.15) is 0 Å². The predicted octanol–water partition coefficient (Wildman–Crippen LogP) is 2.73. The Bertz CT molecular complexity index is 1160. The highest BCUT2D eigenvalue weighted by molar-refractivity contribution is 7.93. The quantitative estimate of drug-likeness (QED) is 0.661. The Kier molecular flexibility index (Phi) is 5.31. The normalized spacial score (nSPS) is 11.9. The van der Waals surface area contributed by atoms with Gasteiger partial charge in [0.15, 0.2) is 0 Å². The molecule has 6 nitrogen and oxygen atoms in total. The van der Waals surface area contributed by atoms with Crippen molar-refractivity contribution in [2.45, 2.75) is 16.2 Å². The average molecular weight is 402 g/mol. The monoisotopic (exact) mass is 402 g/mol. The fraction of sp³-hybridized carbons (Fsp3) is 0.0526. The van der Waals surface area contributed by atoms with Gasteiger partial charge in [0.05, 0.1) is 15.5 Å². The van der Waals surface area contributed by atoms with Gasteiger partial charge in [-0.25, -0.2) is 22.0 Å². The van der Waals surface area contributed by atoms with Crippen LogP contribution in [0.1, 0.15) is 11.1 Å². The van der Waals surface area contributed by atoms with Crippen LogP contribution >= 0.6 is 0 Å². The lowest BCUT2D eigenvalue weighted by molar-refractivity contribution is 0.597. The number of hydrogen-bond acceptors (Lipinski definition) is 4. The number of nitrogens with one attached hydrogen (secondary N) is 1. The van der Waals surface area contributed by atoms with Gasteiger partial charge in [-0.3, -0.25) is 4.72 Å². The summed E-state index contributed by atoms with van der Waals surface area (Å²) in [7, 11) is -7.98. The van der Waals surface area contributed by atoms with Gasteiger partial charge in [-0.1, -0.05) is 54.6 Å². The molecule has 0 radical (unpaired) electrons. The van der Waals surface area contributed by atoms with Gasteiger partial charge in [0.25, 0.3) is 10.0 Å². The molecule has 0 aromatic heterocycles. The van der Waals surface area contributed by atoms with E-state index in [0.717, 1.165) is 17.2 Å². The van der Waals surface area contributed by atoms with Crippen LogP contribution in [-0.4, -0.2) is 16.8 Å². The Morgan fingerprint density at radius 2 is 1.37 bits per heavy atom. The third-order valence-corrected chi connectivity index (χ3v) is 6.22. The maximum absolute atomic E-state index is 12.7. The van der Waals surface area contributed by atoms with Crippen LogP contribution in [0.3, 0.4) is 0 Å². The van der Waals surface area contributed by atoms with Gasteiger partial charge in [-0.05, 0) is 41.8 Å². The number of para-hydroxylation sites is 1. The van der Waals surface area contributed by atoms with E-state index in [9.17, 15) is 16.8 Å². The highest BCUT2D eigenvalue weighted by Crippen LogP contribution is 2.23. The van der Waals surface area contributed by atoms with Gasteiger partial charge in [0, 0.05) is 0 Å². The molecule has 27 heavy (non-hydrogen) atoms. The Hall–Kier alpha value is -2.68. The molecule has 0 aliphatic rings. The van der Waals surface area contributed by atoms with Crippen LogP contribution < -0.4 is 9.86 Å². The zero-order valence-corrected chi connectivity index (χ0v) is 15.9. The third kappa shape index (κ3) is 4.73. The largest absolute Gasteiger partial charge is 0.279 e. The molecule has 140 valence electrons. The van der Waals surface area contributed by atoms with Crippen molar-refractivity contribution >= 4 is 25.7 Å². The van der Waals surface area contributed by atoms with Crippen molar-refractivity contribution in [3.8, 4) is 0 Å². The number of primary sulfonamides is 1. The van der Waals surface area contributed by atoms with Crippen LogP contribution in [-0.2, 0) is 26.5 Å². The molecule has 0 spiro atoms. The molecule has 3 rings (SSSR count). The Morgan fingerprint density at radius 1 is 0.741 bits per heavy atom. The average Bonchev–Trinajstić information content (AvgIpc) is 2.63. The van der Waals surface area contributed by atoms with Gasteiger partial charge in [0.2, 0.25) is 10.0 Å². The molecule has 0 aliphatic heterocycles. The lowest BCUT2D eigenvalue weighted by Crippen LogP contribution is -2.16. The fourth-order valence-electron chi connectivity index (χ4n) is 2.61. The van der Waals surface area contributed by atoms with E-state index in [-0.39, 0.29) is 9.79 Å². The Morgan fingerprint density at radius 3 is 2.07 bits per heavy atom. The smallest absolute Gasteiger partial charge is 0.261 e. The van der Waals surface area contributed by atoms with Crippen molar-refractivity contribution in [3.05, 3.63) is 90.0 Å². The molecular weight excluding hydrogens is 384 g/mol. The van der Waals surface area contributed by atoms with Crippen LogP contribution in [0.15, 0.2) is 88.7 Å². The molecule has 0 heterocycles. The molecule has 0 aliphatic carbocycles. The number of benzene rings is 3. The minimum absolute atomic E-state index is 0.177. The first-order valence-corrected chi connectivity index (χ1v) is 11.1. The first-order valence-electron chi connectivity index (χ1n) is 8.03. The van der Waals surface area contributed by atoms with Crippen molar-refractivity contribution < 1.29 is 16.8 Å². The first kappa shape index (κ1) is 19.1. The SMILES string of the molecule is NS(=O)(=O)c1cccc(S(=O)(=O)Nc2ccccc2Cc2ccccc2)c1. The third-order valence-electron chi connectivity index (χ3n) is 3.94. The van der Waals surface area contributed by atoms with Crippen LogP contribution in [0.4, 0.5) is 5.69 Å². The molecule has 0 fully saturated rings. The maximum atomic E-state index is 12.7. The summed E-state index contributed by atoms with van der Waals surface area (Å²) in [5.74, 6) is 0. The summed E-state index contributed by atoms with van der Waals surface area (Å²) in [6, 6.07) is 21.7. The lowest BCUT2D eigenvalue weighted by Gasteiger charge is -2.13. The van der Waals surface area contributed by atoms with E-state index in [1.807, 2.05) is 42.5 Å². The number of sulfonamides is 2. The Labute approximate surface area is 158 Å². The maximum Gasteiger partial charge on any atom is 0.261 e. The topological polar surface area (TPSA) is 106 Å². The summed E-state index contributed by atoms with van der Waals surface area (Å²) in [5, 5.41) is 5.09. The van der Waals surface area contributed by atoms with E-state index in [0.29, 0.717) is 12.1 Å². The number of anilines is 1. The van der Waals surface area contributed by atoms with Crippen LogP contribution in [0, 0.1) is 0 Å². The van der Waals surface area contributed by atoms with E-state index < -0.39 is 20.0 Å². The standard InChI is InChI=1S/C19H18N2O4S2/c20-26(22,23)17-10-6-11-18(14-17)27(24,25)21-19-12-5-4-9-16(19)13-15-7-2-1-3-8-15/h1-12,14,21H,13H2,(H2,20,22,23). The highest BCUT2D eigenvalue weighted by Gasteiger charge is 2.18. The predicted molar refractivity (Wildman–Crippen MR) is 104 cm³/mol. The lowest BCUT2D eigenvalue weighted by atomic mass is 10.0. The molecule has 0 amide bonds. The van der Waals surface area contributed by atoms with E-state index in [2.05, 4.69) is 4.72 Å². The summed E-state index contributed by atoms with van der Waals surface area (Å²) in [6.07, 6.45) is 0.552. The molecule has 0 bridgehead atoms. The summed E-state index contributed by atoms with van der Waals surface area (Å²) in [6.45, 7) is 0. The fourth-order valence-corrected chi connectivity index (χ4v) is 4.39. The van der Waals surface area contributed by atoms with Gasteiger partial charge >= 0.3 is 0 Å². The van der Waals surface area contributed by atoms with Crippen molar-refractivity contribution in [1.29, 1.82) is 0 Å². The molecule has 0 unspecified atom stereocenters. The summed E-state index contributed by atoms with van der Waals surface area (Å²) in [5.41, 5.74) is 2.28. The molecule has 0 saturated carbocycles. The second kappa shape index (κ2) is 7.51. The zero-order chi connectivity index (χ0) is 19.5. The minimum atomic E-state index is -4.00. The second-order valence-corrected chi connectivity index (χ2v) is 9.19. The number of rotatable bonds is 6. The second-order valence-electron chi connectivity index (χ2n) is 5.94. The number of hydrogen-bond donors (Lipinski definition) is 2. The molecule has 3 N–H and O–H groups in total. The van der Waals surface area contributed by atoms with Crippen molar-refractivity contribution in [2.75, 3.05) is 4.72 Å². The molecule has 3 aromatic rings. The first-order chi connectivity index (χ1) is 12.8. The number of nitrogens with two attached hydrogens (primary N) is 1. The summed E-state index contributed by atoms with van der Waals surface area (Å²) >= 11 is 0. The van der Waals surface area contributed by atoms with Crippen LogP contribution in [0.25, 0.3) is 0 Å². The van der Waals surface area contributed by atoms with E-state index >= 15 is 0 Å². The van der Waals surface area contributed by atoms with Crippen molar-refractivity contribution in [3.63, 3.8) is 0 Å². The van der Waals surface area contributed by atoms with Crippen molar-refractivity contribution in [2.24, 2.45) is 5.14 Å². The van der Waals surface area contributed by atoms with Crippen LogP contribution in [0.5, 0.6) is 0 Å². The zero-order valence-electron chi connectivity index (χ0n) is 14.2. The Balaban J connectivity index is 1.93. The van der Waals surface area contributed by atoms with Gasteiger partial charge in [-0.15, -0.1) is 0 Å².